The number of hydrogen-bond acceptors (Lipinski definition) is 1. The maximum atomic E-state index is 9.90. The molecule has 2 heteroatoms. The summed E-state index contributed by atoms with van der Waals surface area (Å²) in [5.74, 6) is 0. The van der Waals surface area contributed by atoms with Crippen LogP contribution in [0.25, 0.3) is 0 Å². The van der Waals surface area contributed by atoms with Crippen LogP contribution in [0.4, 0.5) is 0 Å². The van der Waals surface area contributed by atoms with Gasteiger partial charge in [0.15, 0.2) is 0 Å². The molecule has 1 aromatic rings. The quantitative estimate of drug-likeness (QED) is 0.886. The summed E-state index contributed by atoms with van der Waals surface area (Å²) in [5.41, 5.74) is 1.38. The van der Waals surface area contributed by atoms with Crippen LogP contribution in [-0.2, 0) is 6.42 Å². The van der Waals surface area contributed by atoms with Gasteiger partial charge in [0, 0.05) is 4.47 Å². The molecule has 0 aliphatic heterocycles. The minimum atomic E-state index is -0.244. The van der Waals surface area contributed by atoms with Crippen molar-refractivity contribution in [2.24, 2.45) is 5.41 Å². The molecule has 0 fully saturated rings. The molecule has 0 heterocycles. The van der Waals surface area contributed by atoms with E-state index in [1.54, 1.807) is 0 Å². The first-order chi connectivity index (χ1) is 6.87. The first kappa shape index (κ1) is 12.7. The van der Waals surface area contributed by atoms with Crippen molar-refractivity contribution in [3.63, 3.8) is 0 Å². The van der Waals surface area contributed by atoms with Crippen LogP contribution in [0.1, 0.15) is 32.8 Å². The van der Waals surface area contributed by atoms with Gasteiger partial charge in [-0.2, -0.15) is 0 Å². The number of aliphatic hydroxyl groups excluding tert-OH is 1. The second kappa shape index (κ2) is 5.13. The van der Waals surface area contributed by atoms with Crippen molar-refractivity contribution in [2.45, 2.75) is 39.7 Å². The third-order valence-electron chi connectivity index (χ3n) is 2.23. The zero-order valence-electron chi connectivity index (χ0n) is 9.63. The molecule has 1 nitrogen and oxygen atoms in total. The normalized spacial score (nSPS) is 13.9. The van der Waals surface area contributed by atoms with Crippen molar-refractivity contribution in [1.29, 1.82) is 0 Å². The predicted molar refractivity (Wildman–Crippen MR) is 67.9 cm³/mol. The van der Waals surface area contributed by atoms with E-state index in [-0.39, 0.29) is 11.5 Å². The molecule has 0 aromatic heterocycles. The van der Waals surface area contributed by atoms with Crippen LogP contribution < -0.4 is 0 Å². The monoisotopic (exact) mass is 270 g/mol. The maximum absolute atomic E-state index is 9.90. The molecule has 84 valence electrons. The van der Waals surface area contributed by atoms with E-state index >= 15 is 0 Å². The lowest BCUT2D eigenvalue weighted by molar-refractivity contribution is 0.121. The highest BCUT2D eigenvalue weighted by Crippen LogP contribution is 2.22. The topological polar surface area (TPSA) is 20.2 Å². The van der Waals surface area contributed by atoms with Gasteiger partial charge in [-0.3, -0.25) is 0 Å². The van der Waals surface area contributed by atoms with Gasteiger partial charge in [0.2, 0.25) is 0 Å². The van der Waals surface area contributed by atoms with Gasteiger partial charge >= 0.3 is 0 Å². The summed E-state index contributed by atoms with van der Waals surface area (Å²) < 4.78 is 1.08. The van der Waals surface area contributed by atoms with Gasteiger partial charge in [0.25, 0.3) is 0 Å². The SMILES string of the molecule is CC(C)(C)CC(O)Cc1ccc(Br)cc1. The highest BCUT2D eigenvalue weighted by Gasteiger charge is 2.16. The molecule has 0 aliphatic rings. The highest BCUT2D eigenvalue weighted by molar-refractivity contribution is 9.10. The summed E-state index contributed by atoms with van der Waals surface area (Å²) in [4.78, 5) is 0. The smallest absolute Gasteiger partial charge is 0.0585 e. The molecule has 1 unspecified atom stereocenters. The molecule has 1 N–H and O–H groups in total. The zero-order chi connectivity index (χ0) is 11.5. The summed E-state index contributed by atoms with van der Waals surface area (Å²) in [5, 5.41) is 9.90. The largest absolute Gasteiger partial charge is 0.393 e. The average Bonchev–Trinajstić information content (AvgIpc) is 2.05. The maximum Gasteiger partial charge on any atom is 0.0585 e. The minimum absolute atomic E-state index is 0.189. The average molecular weight is 271 g/mol. The van der Waals surface area contributed by atoms with Gasteiger partial charge in [-0.25, -0.2) is 0 Å². The van der Waals surface area contributed by atoms with Gasteiger partial charge in [-0.15, -0.1) is 0 Å². The van der Waals surface area contributed by atoms with Crippen LogP contribution >= 0.6 is 15.9 Å². The summed E-state index contributed by atoms with van der Waals surface area (Å²) in [6, 6.07) is 8.13. The van der Waals surface area contributed by atoms with Gasteiger partial charge in [0.05, 0.1) is 6.10 Å². The molecule has 1 aromatic carbocycles. The minimum Gasteiger partial charge on any atom is -0.393 e. The van der Waals surface area contributed by atoms with Crippen LogP contribution in [-0.4, -0.2) is 11.2 Å². The fourth-order valence-electron chi connectivity index (χ4n) is 1.67. The Morgan fingerprint density at radius 1 is 1.20 bits per heavy atom. The summed E-state index contributed by atoms with van der Waals surface area (Å²) in [7, 11) is 0. The lowest BCUT2D eigenvalue weighted by Gasteiger charge is -2.22. The molecule has 0 spiro atoms. The van der Waals surface area contributed by atoms with E-state index in [0.717, 1.165) is 17.3 Å². The third kappa shape index (κ3) is 5.33. The van der Waals surface area contributed by atoms with E-state index in [0.29, 0.717) is 0 Å². The van der Waals surface area contributed by atoms with Crippen molar-refractivity contribution in [1.82, 2.24) is 0 Å². The van der Waals surface area contributed by atoms with Crippen molar-refractivity contribution in [3.8, 4) is 0 Å². The third-order valence-corrected chi connectivity index (χ3v) is 2.76. The Balaban J connectivity index is 2.51. The lowest BCUT2D eigenvalue weighted by Crippen LogP contribution is -2.19. The molecule has 15 heavy (non-hydrogen) atoms. The number of rotatable bonds is 3. The molecule has 0 amide bonds. The van der Waals surface area contributed by atoms with E-state index in [1.807, 2.05) is 12.1 Å². The van der Waals surface area contributed by atoms with Gasteiger partial charge in [0.1, 0.15) is 0 Å². The molecule has 0 aliphatic carbocycles. The molecule has 0 saturated heterocycles. The Hall–Kier alpha value is -0.340. The molecule has 0 bridgehead atoms. The molecule has 0 radical (unpaired) electrons. The first-order valence-electron chi connectivity index (χ1n) is 5.29. The molecular formula is C13H19BrO. The van der Waals surface area contributed by atoms with Crippen LogP contribution in [0.15, 0.2) is 28.7 Å². The Morgan fingerprint density at radius 2 is 1.73 bits per heavy atom. The van der Waals surface area contributed by atoms with Crippen molar-refractivity contribution >= 4 is 15.9 Å². The van der Waals surface area contributed by atoms with E-state index < -0.39 is 0 Å². The Morgan fingerprint density at radius 3 is 2.20 bits per heavy atom. The summed E-state index contributed by atoms with van der Waals surface area (Å²) >= 11 is 3.40. The summed E-state index contributed by atoms with van der Waals surface area (Å²) in [6.07, 6.45) is 1.33. The number of aliphatic hydroxyl groups is 1. The standard InChI is InChI=1S/C13H19BrO/c1-13(2,3)9-12(15)8-10-4-6-11(14)7-5-10/h4-7,12,15H,8-9H2,1-3H3. The highest BCUT2D eigenvalue weighted by atomic mass is 79.9. The van der Waals surface area contributed by atoms with Gasteiger partial charge in [-0.1, -0.05) is 48.8 Å². The van der Waals surface area contributed by atoms with E-state index in [2.05, 4.69) is 48.8 Å². The number of halogens is 1. The molecular weight excluding hydrogens is 252 g/mol. The lowest BCUT2D eigenvalue weighted by atomic mass is 9.87. The predicted octanol–water partition coefficient (Wildman–Crippen LogP) is 3.79. The fourth-order valence-corrected chi connectivity index (χ4v) is 1.94. The second-order valence-electron chi connectivity index (χ2n) is 5.25. The number of hydrogen-bond donors (Lipinski definition) is 1. The first-order valence-corrected chi connectivity index (χ1v) is 6.09. The van der Waals surface area contributed by atoms with E-state index in [9.17, 15) is 5.11 Å². The van der Waals surface area contributed by atoms with Gasteiger partial charge < -0.3 is 5.11 Å². The summed E-state index contributed by atoms with van der Waals surface area (Å²) in [6.45, 7) is 6.45. The zero-order valence-corrected chi connectivity index (χ0v) is 11.2. The second-order valence-corrected chi connectivity index (χ2v) is 6.16. The number of benzene rings is 1. The Bertz CT molecular complexity index is 297. The molecule has 1 atom stereocenters. The van der Waals surface area contributed by atoms with Gasteiger partial charge in [-0.05, 0) is 36.0 Å². The van der Waals surface area contributed by atoms with E-state index in [4.69, 9.17) is 0 Å². The molecule has 0 saturated carbocycles. The Kier molecular flexibility index (Phi) is 4.35. The fraction of sp³-hybridized carbons (Fsp3) is 0.538. The Labute approximate surface area is 101 Å². The van der Waals surface area contributed by atoms with Crippen molar-refractivity contribution < 1.29 is 5.11 Å². The molecule has 1 rings (SSSR count). The van der Waals surface area contributed by atoms with Crippen molar-refractivity contribution in [2.75, 3.05) is 0 Å². The van der Waals surface area contributed by atoms with E-state index in [1.165, 1.54) is 5.56 Å². The van der Waals surface area contributed by atoms with Crippen molar-refractivity contribution in [3.05, 3.63) is 34.3 Å². The van der Waals surface area contributed by atoms with Crippen LogP contribution in [0.3, 0.4) is 0 Å². The van der Waals surface area contributed by atoms with Crippen LogP contribution in [0.5, 0.6) is 0 Å². The van der Waals surface area contributed by atoms with Crippen LogP contribution in [0.2, 0.25) is 0 Å². The van der Waals surface area contributed by atoms with Crippen LogP contribution in [0, 0.1) is 5.41 Å².